The third-order valence-corrected chi connectivity index (χ3v) is 6.58. The molecule has 0 bridgehead atoms. The third kappa shape index (κ3) is 6.57. The van der Waals surface area contributed by atoms with Gasteiger partial charge >= 0.3 is 5.97 Å². The number of hydrogen-bond acceptors (Lipinski definition) is 5. The number of carbonyl (C=O) groups is 1. The van der Waals surface area contributed by atoms with Gasteiger partial charge in [-0.05, 0) is 74.2 Å². The van der Waals surface area contributed by atoms with E-state index < -0.39 is 28.9 Å². The van der Waals surface area contributed by atoms with Crippen molar-refractivity contribution in [3.63, 3.8) is 0 Å². The first-order valence-corrected chi connectivity index (χ1v) is 13.5. The fourth-order valence-corrected chi connectivity index (χ4v) is 4.92. The molecule has 7 nitrogen and oxygen atoms in total. The molecule has 0 saturated heterocycles. The van der Waals surface area contributed by atoms with Crippen LogP contribution in [-0.2, 0) is 20.8 Å². The van der Waals surface area contributed by atoms with Crippen LogP contribution in [0.4, 0.5) is 5.69 Å². The molecule has 1 heterocycles. The van der Waals surface area contributed by atoms with Crippen molar-refractivity contribution >= 4 is 33.8 Å². The molecule has 198 valence electrons. The molecule has 8 heteroatoms. The van der Waals surface area contributed by atoms with Crippen LogP contribution in [0.1, 0.15) is 34.6 Å². The minimum absolute atomic E-state index is 0.259. The van der Waals surface area contributed by atoms with Crippen molar-refractivity contribution < 1.29 is 23.0 Å². The Morgan fingerprint density at radius 1 is 0.895 bits per heavy atom. The van der Waals surface area contributed by atoms with Crippen molar-refractivity contribution in [2.75, 3.05) is 4.31 Å². The lowest BCUT2D eigenvalue weighted by Gasteiger charge is -2.33. The van der Waals surface area contributed by atoms with Crippen LogP contribution in [0.5, 0.6) is 11.6 Å². The average molecular weight is 533 g/mol. The number of para-hydroxylation sites is 1. The molecule has 0 aliphatic heterocycles. The van der Waals surface area contributed by atoms with E-state index >= 15 is 0 Å². The van der Waals surface area contributed by atoms with Gasteiger partial charge in [-0.3, -0.25) is 8.86 Å². The second-order valence-electron chi connectivity index (χ2n) is 10.3. The van der Waals surface area contributed by atoms with Crippen LogP contribution in [0.15, 0.2) is 84.9 Å². The Bertz CT molecular complexity index is 1430. The predicted octanol–water partition coefficient (Wildman–Crippen LogP) is 7.00. The smallest absolute Gasteiger partial charge is 0.330 e. The molecule has 0 spiro atoms. The maximum Gasteiger partial charge on any atom is 0.330 e. The van der Waals surface area contributed by atoms with Crippen molar-refractivity contribution in [1.82, 2.24) is 4.98 Å². The van der Waals surface area contributed by atoms with Crippen molar-refractivity contribution in [2.24, 2.45) is 5.92 Å². The van der Waals surface area contributed by atoms with E-state index in [2.05, 4.69) is 4.98 Å². The zero-order valence-corrected chi connectivity index (χ0v) is 22.9. The third-order valence-electron chi connectivity index (χ3n) is 5.81. The highest BCUT2D eigenvalue weighted by Gasteiger charge is 2.36. The minimum atomic E-state index is -2.43. The second-order valence-corrected chi connectivity index (χ2v) is 11.1. The average Bonchev–Trinajstić information content (AvgIpc) is 2.86. The largest absolute Gasteiger partial charge is 0.458 e. The number of nitrogens with zero attached hydrogens (tertiary/aromatic N) is 2. The molecular weight excluding hydrogens is 500 g/mol. The van der Waals surface area contributed by atoms with Gasteiger partial charge in [0.15, 0.2) is 0 Å². The quantitative estimate of drug-likeness (QED) is 0.194. The van der Waals surface area contributed by atoms with Gasteiger partial charge in [-0.15, -0.1) is 0 Å². The lowest BCUT2D eigenvalue weighted by atomic mass is 10.0. The highest BCUT2D eigenvalue weighted by atomic mass is 32.2. The van der Waals surface area contributed by atoms with E-state index in [0.717, 1.165) is 22.0 Å². The number of benzene rings is 3. The first-order chi connectivity index (χ1) is 18.0. The number of ether oxygens (including phenoxy) is 2. The zero-order valence-electron chi connectivity index (χ0n) is 22.1. The van der Waals surface area contributed by atoms with Gasteiger partial charge in [-0.25, -0.2) is 14.0 Å². The SMILES string of the molecule is CC(C)C(C(=O)OC(C)(C)C)N(c1ccc(-c2ccc(Oc3ccc4ccccc4n3)cc2)cc1)S(=O)O. The fraction of sp³-hybridized carbons (Fsp3) is 0.267. The van der Waals surface area contributed by atoms with Gasteiger partial charge in [0, 0.05) is 11.5 Å². The number of aromatic nitrogens is 1. The number of esters is 1. The Balaban J connectivity index is 1.52. The van der Waals surface area contributed by atoms with E-state index in [0.29, 0.717) is 17.3 Å². The van der Waals surface area contributed by atoms with Crippen LogP contribution in [0.3, 0.4) is 0 Å². The van der Waals surface area contributed by atoms with E-state index in [4.69, 9.17) is 9.47 Å². The van der Waals surface area contributed by atoms with Gasteiger partial charge < -0.3 is 9.47 Å². The van der Waals surface area contributed by atoms with Crippen LogP contribution >= 0.6 is 0 Å². The van der Waals surface area contributed by atoms with E-state index in [1.54, 1.807) is 32.9 Å². The van der Waals surface area contributed by atoms with E-state index in [-0.39, 0.29) is 5.92 Å². The minimum Gasteiger partial charge on any atom is -0.458 e. The monoisotopic (exact) mass is 532 g/mol. The molecule has 0 saturated carbocycles. The van der Waals surface area contributed by atoms with E-state index in [1.165, 1.54) is 4.31 Å². The Morgan fingerprint density at radius 3 is 2.08 bits per heavy atom. The van der Waals surface area contributed by atoms with Crippen LogP contribution in [0.25, 0.3) is 22.0 Å². The summed E-state index contributed by atoms with van der Waals surface area (Å²) in [6, 6.07) is 25.5. The number of anilines is 1. The van der Waals surface area contributed by atoms with Crippen LogP contribution < -0.4 is 9.04 Å². The van der Waals surface area contributed by atoms with Gasteiger partial charge in [0.05, 0.1) is 11.2 Å². The number of pyridine rings is 1. The van der Waals surface area contributed by atoms with E-state index in [9.17, 15) is 13.6 Å². The van der Waals surface area contributed by atoms with Gasteiger partial charge in [0.2, 0.25) is 5.88 Å². The van der Waals surface area contributed by atoms with Crippen LogP contribution in [-0.4, -0.2) is 31.4 Å². The molecule has 0 amide bonds. The van der Waals surface area contributed by atoms with Crippen LogP contribution in [0.2, 0.25) is 0 Å². The summed E-state index contributed by atoms with van der Waals surface area (Å²) in [7, 11) is 0. The molecule has 1 aromatic heterocycles. The summed E-state index contributed by atoms with van der Waals surface area (Å²) in [5.41, 5.74) is 2.45. The summed E-state index contributed by atoms with van der Waals surface area (Å²) in [5, 5.41) is 1.05. The molecule has 4 rings (SSSR count). The summed E-state index contributed by atoms with van der Waals surface area (Å²) < 4.78 is 35.1. The highest BCUT2D eigenvalue weighted by molar-refractivity contribution is 7.80. The Labute approximate surface area is 225 Å². The van der Waals surface area contributed by atoms with Crippen molar-refractivity contribution in [2.45, 2.75) is 46.3 Å². The molecule has 38 heavy (non-hydrogen) atoms. The number of fused-ring (bicyclic) bond motifs is 1. The Morgan fingerprint density at radius 2 is 1.50 bits per heavy atom. The van der Waals surface area contributed by atoms with Crippen molar-refractivity contribution in [1.29, 1.82) is 0 Å². The van der Waals surface area contributed by atoms with Gasteiger partial charge in [0.1, 0.15) is 17.4 Å². The van der Waals surface area contributed by atoms with Gasteiger partial charge in [-0.1, -0.05) is 56.3 Å². The number of hydrogen-bond donors (Lipinski definition) is 1. The fourth-order valence-electron chi connectivity index (χ4n) is 4.09. The first-order valence-electron chi connectivity index (χ1n) is 12.4. The van der Waals surface area contributed by atoms with E-state index in [1.807, 2.05) is 86.6 Å². The Kier molecular flexibility index (Phi) is 8.14. The lowest BCUT2D eigenvalue weighted by molar-refractivity contribution is -0.157. The first kappa shape index (κ1) is 27.3. The molecule has 2 atom stereocenters. The maximum atomic E-state index is 12.9. The molecule has 0 aliphatic carbocycles. The maximum absolute atomic E-state index is 12.9. The zero-order chi connectivity index (χ0) is 27.4. The number of rotatable bonds is 8. The molecule has 0 radical (unpaired) electrons. The predicted molar refractivity (Wildman–Crippen MR) is 151 cm³/mol. The van der Waals surface area contributed by atoms with Crippen molar-refractivity contribution in [3.8, 4) is 22.8 Å². The summed E-state index contributed by atoms with van der Waals surface area (Å²) in [4.78, 5) is 17.5. The van der Waals surface area contributed by atoms with Crippen LogP contribution in [0, 0.1) is 5.92 Å². The Hall–Kier alpha value is -3.75. The lowest BCUT2D eigenvalue weighted by Crippen LogP contribution is -2.48. The molecule has 4 aromatic rings. The molecule has 0 aliphatic rings. The highest BCUT2D eigenvalue weighted by Crippen LogP contribution is 2.30. The standard InChI is InChI=1S/C30H32N2O5S/c1-20(2)28(29(33)37-30(3,4)5)32(38(34)35)24-15-10-21(11-16-24)22-12-17-25(18-13-22)36-27-19-14-23-8-6-7-9-26(23)31-27/h6-20,28H,1-5H3,(H,34,35). The summed E-state index contributed by atoms with van der Waals surface area (Å²) in [5.74, 6) is 0.371. The number of carbonyl (C=O) groups excluding carboxylic acids is 1. The second kappa shape index (κ2) is 11.3. The van der Waals surface area contributed by atoms with Gasteiger partial charge in [0.25, 0.3) is 11.3 Å². The summed E-state index contributed by atoms with van der Waals surface area (Å²) in [6.45, 7) is 8.95. The topological polar surface area (TPSA) is 89.0 Å². The molecular formula is C30H32N2O5S. The molecule has 2 unspecified atom stereocenters. The summed E-state index contributed by atoms with van der Waals surface area (Å²) >= 11 is -2.43. The molecule has 3 aromatic carbocycles. The molecule has 1 N–H and O–H groups in total. The van der Waals surface area contributed by atoms with Crippen molar-refractivity contribution in [3.05, 3.63) is 84.9 Å². The summed E-state index contributed by atoms with van der Waals surface area (Å²) in [6.07, 6.45) is 0. The molecule has 0 fully saturated rings. The normalized spacial score (nSPS) is 13.2. The van der Waals surface area contributed by atoms with Gasteiger partial charge in [-0.2, -0.15) is 0 Å².